The van der Waals surface area contributed by atoms with Gasteiger partial charge in [0.2, 0.25) is 5.75 Å². The molecule has 0 bridgehead atoms. The van der Waals surface area contributed by atoms with E-state index < -0.39 is 0 Å². The number of aromatic nitrogens is 2. The predicted molar refractivity (Wildman–Crippen MR) is 65.7 cm³/mol. The summed E-state index contributed by atoms with van der Waals surface area (Å²) in [5, 5.41) is 0. The molecule has 1 aliphatic rings. The van der Waals surface area contributed by atoms with Gasteiger partial charge in [-0.25, -0.2) is 4.98 Å². The normalized spacial score (nSPS) is 21.6. The van der Waals surface area contributed by atoms with E-state index in [1.165, 1.54) is 13.4 Å². The molecule has 0 spiro atoms. The van der Waals surface area contributed by atoms with Gasteiger partial charge >= 0.3 is 0 Å². The maximum atomic E-state index is 11.6. The zero-order valence-corrected chi connectivity index (χ0v) is 10.4. The van der Waals surface area contributed by atoms with Gasteiger partial charge in [-0.15, -0.1) is 0 Å². The van der Waals surface area contributed by atoms with Gasteiger partial charge in [-0.3, -0.25) is 4.79 Å². The van der Waals surface area contributed by atoms with Crippen LogP contribution in [0.25, 0.3) is 0 Å². The molecule has 17 heavy (non-hydrogen) atoms. The zero-order valence-electron chi connectivity index (χ0n) is 10.4. The van der Waals surface area contributed by atoms with E-state index in [0.717, 1.165) is 19.6 Å². The van der Waals surface area contributed by atoms with Crippen molar-refractivity contribution < 1.29 is 4.74 Å². The largest absolute Gasteiger partial charge is 0.489 e. The molecular formula is C11H18N4O2. The summed E-state index contributed by atoms with van der Waals surface area (Å²) in [5.74, 6) is 0.931. The number of likely N-dealkylation sites (N-methyl/N-ethyl adjacent to an activating group) is 1. The minimum absolute atomic E-state index is 0.232. The highest BCUT2D eigenvalue weighted by Gasteiger charge is 2.24. The van der Waals surface area contributed by atoms with Gasteiger partial charge < -0.3 is 19.5 Å². The van der Waals surface area contributed by atoms with Crippen LogP contribution in [0.5, 0.6) is 5.75 Å². The Hall–Kier alpha value is -1.56. The van der Waals surface area contributed by atoms with Gasteiger partial charge in [-0.05, 0) is 14.0 Å². The summed E-state index contributed by atoms with van der Waals surface area (Å²) < 4.78 is 5.13. The van der Waals surface area contributed by atoms with Crippen molar-refractivity contribution in [1.82, 2.24) is 14.9 Å². The number of hydrogen-bond donors (Lipinski definition) is 1. The third-order valence-electron chi connectivity index (χ3n) is 3.26. The number of ether oxygens (including phenoxy) is 1. The van der Waals surface area contributed by atoms with Crippen molar-refractivity contribution in [2.45, 2.75) is 13.0 Å². The molecule has 94 valence electrons. The average Bonchev–Trinajstić information content (AvgIpc) is 2.32. The van der Waals surface area contributed by atoms with Gasteiger partial charge in [0.15, 0.2) is 5.82 Å². The Balaban J connectivity index is 2.29. The quantitative estimate of drug-likeness (QED) is 0.781. The molecule has 0 saturated carbocycles. The second kappa shape index (κ2) is 4.75. The Kier molecular flexibility index (Phi) is 3.33. The highest BCUT2D eigenvalue weighted by Crippen LogP contribution is 2.22. The maximum Gasteiger partial charge on any atom is 0.295 e. The standard InChI is InChI=1S/C11H18N4O2/c1-8-6-15(5-4-14(8)2)10-9(17-3)11(16)13-7-12-10/h7-8H,4-6H2,1-3H3,(H,12,13,16). The summed E-state index contributed by atoms with van der Waals surface area (Å²) in [7, 11) is 3.60. The second-order valence-electron chi connectivity index (χ2n) is 4.36. The number of piperazine rings is 1. The number of rotatable bonds is 2. The van der Waals surface area contributed by atoms with Crippen LogP contribution < -0.4 is 15.2 Å². The van der Waals surface area contributed by atoms with Crippen molar-refractivity contribution in [2.24, 2.45) is 0 Å². The first kappa shape index (κ1) is 11.9. The van der Waals surface area contributed by atoms with E-state index in [0.29, 0.717) is 17.6 Å². The van der Waals surface area contributed by atoms with E-state index in [2.05, 4.69) is 33.7 Å². The van der Waals surface area contributed by atoms with E-state index in [4.69, 9.17) is 4.74 Å². The second-order valence-corrected chi connectivity index (χ2v) is 4.36. The molecule has 1 aliphatic heterocycles. The SMILES string of the molecule is COc1c(N2CCN(C)C(C)C2)nc[nH]c1=O. The first-order valence-electron chi connectivity index (χ1n) is 5.70. The van der Waals surface area contributed by atoms with Crippen LogP contribution in [-0.4, -0.2) is 54.7 Å². The van der Waals surface area contributed by atoms with Gasteiger partial charge in [-0.2, -0.15) is 0 Å². The Morgan fingerprint density at radius 3 is 2.94 bits per heavy atom. The molecular weight excluding hydrogens is 220 g/mol. The number of hydrogen-bond acceptors (Lipinski definition) is 5. The van der Waals surface area contributed by atoms with Crippen molar-refractivity contribution in [3.8, 4) is 5.75 Å². The number of nitrogens with zero attached hydrogens (tertiary/aromatic N) is 3. The molecule has 1 aromatic heterocycles. The van der Waals surface area contributed by atoms with E-state index in [1.807, 2.05) is 0 Å². The van der Waals surface area contributed by atoms with Crippen molar-refractivity contribution >= 4 is 5.82 Å². The van der Waals surface area contributed by atoms with Gasteiger partial charge in [0.05, 0.1) is 13.4 Å². The summed E-state index contributed by atoms with van der Waals surface area (Å²) in [4.78, 5) is 22.7. The fraction of sp³-hybridized carbons (Fsp3) is 0.636. The smallest absolute Gasteiger partial charge is 0.295 e. The molecule has 0 aliphatic carbocycles. The van der Waals surface area contributed by atoms with E-state index in [-0.39, 0.29) is 5.56 Å². The molecule has 0 aromatic carbocycles. The molecule has 2 rings (SSSR count). The Bertz CT molecular complexity index is 445. The lowest BCUT2D eigenvalue weighted by Gasteiger charge is -2.38. The fourth-order valence-electron chi connectivity index (χ4n) is 2.03. The number of methoxy groups -OCH3 is 1. The fourth-order valence-corrected chi connectivity index (χ4v) is 2.03. The van der Waals surface area contributed by atoms with Crippen LogP contribution in [0.15, 0.2) is 11.1 Å². The van der Waals surface area contributed by atoms with Crippen LogP contribution in [0.1, 0.15) is 6.92 Å². The molecule has 1 N–H and O–H groups in total. The van der Waals surface area contributed by atoms with Gasteiger partial charge in [0.1, 0.15) is 0 Å². The molecule has 2 heterocycles. The number of H-pyrrole nitrogens is 1. The molecule has 6 nitrogen and oxygen atoms in total. The molecule has 1 saturated heterocycles. The zero-order chi connectivity index (χ0) is 12.4. The van der Waals surface area contributed by atoms with Crippen molar-refractivity contribution in [3.05, 3.63) is 16.7 Å². The third-order valence-corrected chi connectivity index (χ3v) is 3.26. The van der Waals surface area contributed by atoms with E-state index in [1.54, 1.807) is 0 Å². The van der Waals surface area contributed by atoms with Crippen molar-refractivity contribution in [3.63, 3.8) is 0 Å². The molecule has 1 unspecified atom stereocenters. The summed E-state index contributed by atoms with van der Waals surface area (Å²) in [6, 6.07) is 0.439. The van der Waals surface area contributed by atoms with Crippen LogP contribution in [-0.2, 0) is 0 Å². The number of aromatic amines is 1. The number of nitrogens with one attached hydrogen (secondary N) is 1. The lowest BCUT2D eigenvalue weighted by Crippen LogP contribution is -2.50. The Morgan fingerprint density at radius 2 is 2.29 bits per heavy atom. The summed E-state index contributed by atoms with van der Waals surface area (Å²) >= 11 is 0. The Morgan fingerprint density at radius 1 is 1.53 bits per heavy atom. The third kappa shape index (κ3) is 2.26. The van der Waals surface area contributed by atoms with Gasteiger partial charge in [0, 0.05) is 25.7 Å². The highest BCUT2D eigenvalue weighted by atomic mass is 16.5. The highest BCUT2D eigenvalue weighted by molar-refractivity contribution is 5.51. The molecule has 0 amide bonds. The summed E-state index contributed by atoms with van der Waals surface area (Å²) in [5.41, 5.74) is -0.232. The Labute approximate surface area is 100 Å². The van der Waals surface area contributed by atoms with E-state index in [9.17, 15) is 4.79 Å². The van der Waals surface area contributed by atoms with Crippen LogP contribution >= 0.6 is 0 Å². The molecule has 0 radical (unpaired) electrons. The lowest BCUT2D eigenvalue weighted by atomic mass is 10.2. The van der Waals surface area contributed by atoms with Gasteiger partial charge in [0.25, 0.3) is 5.56 Å². The minimum Gasteiger partial charge on any atom is -0.489 e. The molecule has 1 atom stereocenters. The van der Waals surface area contributed by atoms with Crippen molar-refractivity contribution in [1.29, 1.82) is 0 Å². The summed E-state index contributed by atoms with van der Waals surface area (Å²) in [6.45, 7) is 4.82. The van der Waals surface area contributed by atoms with Crippen LogP contribution in [0.4, 0.5) is 5.82 Å². The topological polar surface area (TPSA) is 61.5 Å². The first-order valence-corrected chi connectivity index (χ1v) is 5.70. The molecule has 1 fully saturated rings. The van der Waals surface area contributed by atoms with Crippen LogP contribution in [0.3, 0.4) is 0 Å². The minimum atomic E-state index is -0.232. The van der Waals surface area contributed by atoms with E-state index >= 15 is 0 Å². The predicted octanol–water partition coefficient (Wildman–Crippen LogP) is -0.0812. The monoisotopic (exact) mass is 238 g/mol. The van der Waals surface area contributed by atoms with Crippen molar-refractivity contribution in [2.75, 3.05) is 38.7 Å². The van der Waals surface area contributed by atoms with Crippen LogP contribution in [0, 0.1) is 0 Å². The van der Waals surface area contributed by atoms with Crippen LogP contribution in [0.2, 0.25) is 0 Å². The molecule has 6 heteroatoms. The average molecular weight is 238 g/mol. The maximum absolute atomic E-state index is 11.6. The first-order chi connectivity index (χ1) is 8.13. The lowest BCUT2D eigenvalue weighted by molar-refractivity contribution is 0.232. The molecule has 1 aromatic rings. The summed E-state index contributed by atoms with van der Waals surface area (Å²) in [6.07, 6.45) is 1.42. The van der Waals surface area contributed by atoms with Gasteiger partial charge in [-0.1, -0.05) is 0 Å². The number of anilines is 1.